The lowest BCUT2D eigenvalue weighted by Crippen LogP contribution is -2.33. The van der Waals surface area contributed by atoms with Gasteiger partial charge in [0.05, 0.1) is 6.04 Å². The fourth-order valence-electron chi connectivity index (χ4n) is 2.69. The Morgan fingerprint density at radius 2 is 2.26 bits per heavy atom. The predicted molar refractivity (Wildman–Crippen MR) is 75.6 cm³/mol. The van der Waals surface area contributed by atoms with Gasteiger partial charge in [0.1, 0.15) is 5.82 Å². The number of amides is 1. The van der Waals surface area contributed by atoms with Gasteiger partial charge in [-0.3, -0.25) is 4.79 Å². The first-order chi connectivity index (χ1) is 8.63. The van der Waals surface area contributed by atoms with Gasteiger partial charge in [-0.2, -0.15) is 0 Å². The first-order valence-corrected chi connectivity index (χ1v) is 6.38. The molecule has 0 spiro atoms. The molecule has 2 N–H and O–H groups in total. The number of carbonyl (C=O) groups is 1. The maximum absolute atomic E-state index is 13.3. The van der Waals surface area contributed by atoms with Gasteiger partial charge in [0.15, 0.2) is 0 Å². The average Bonchev–Trinajstić information content (AvgIpc) is 2.71. The van der Waals surface area contributed by atoms with E-state index >= 15 is 0 Å². The standard InChI is InChI=1S/C14H19FN2O.ClH/c1-10-6-8-17(13(18)5-7-16)14(10)11-3-2-4-12(15)9-11;/h2-4,9-10,14H,5-8,16H2,1H3;1H. The summed E-state index contributed by atoms with van der Waals surface area (Å²) in [5, 5.41) is 0. The van der Waals surface area contributed by atoms with Crippen molar-refractivity contribution in [2.45, 2.75) is 25.8 Å². The van der Waals surface area contributed by atoms with Crippen LogP contribution in [0, 0.1) is 11.7 Å². The molecule has 2 atom stereocenters. The molecule has 0 saturated carbocycles. The zero-order chi connectivity index (χ0) is 13.1. The van der Waals surface area contributed by atoms with Gasteiger partial charge in [0, 0.05) is 19.5 Å². The number of nitrogens with two attached hydrogens (primary N) is 1. The van der Waals surface area contributed by atoms with E-state index in [2.05, 4.69) is 6.92 Å². The Morgan fingerprint density at radius 1 is 1.53 bits per heavy atom. The van der Waals surface area contributed by atoms with Crippen LogP contribution in [-0.4, -0.2) is 23.9 Å². The largest absolute Gasteiger partial charge is 0.335 e. The number of nitrogens with zero attached hydrogens (tertiary/aromatic N) is 1. The van der Waals surface area contributed by atoms with Crippen LogP contribution in [0.2, 0.25) is 0 Å². The highest BCUT2D eigenvalue weighted by molar-refractivity contribution is 5.85. The third-order valence-electron chi connectivity index (χ3n) is 3.57. The van der Waals surface area contributed by atoms with Crippen molar-refractivity contribution in [2.75, 3.05) is 13.1 Å². The SMILES string of the molecule is CC1CCN(C(=O)CCN)C1c1cccc(F)c1.Cl. The fraction of sp³-hybridized carbons (Fsp3) is 0.500. The number of carbonyl (C=O) groups excluding carboxylic acids is 1. The van der Waals surface area contributed by atoms with Crippen LogP contribution < -0.4 is 5.73 Å². The molecule has 0 aromatic heterocycles. The van der Waals surface area contributed by atoms with E-state index < -0.39 is 0 Å². The zero-order valence-electron chi connectivity index (χ0n) is 11.0. The lowest BCUT2D eigenvalue weighted by molar-refractivity contribution is -0.132. The molecule has 0 radical (unpaired) electrons. The van der Waals surface area contributed by atoms with Crippen LogP contribution in [0.1, 0.15) is 31.4 Å². The van der Waals surface area contributed by atoms with E-state index in [0.717, 1.165) is 18.5 Å². The summed E-state index contributed by atoms with van der Waals surface area (Å²) in [6.45, 7) is 3.20. The Hall–Kier alpha value is -1.13. The van der Waals surface area contributed by atoms with Crippen LogP contribution in [0.3, 0.4) is 0 Å². The molecule has 0 aliphatic carbocycles. The second-order valence-corrected chi connectivity index (χ2v) is 4.89. The van der Waals surface area contributed by atoms with Gasteiger partial charge in [0.25, 0.3) is 0 Å². The van der Waals surface area contributed by atoms with Crippen molar-refractivity contribution in [3.05, 3.63) is 35.6 Å². The fourth-order valence-corrected chi connectivity index (χ4v) is 2.69. The summed E-state index contributed by atoms with van der Waals surface area (Å²) in [4.78, 5) is 13.9. The minimum Gasteiger partial charge on any atom is -0.335 e. The highest BCUT2D eigenvalue weighted by Crippen LogP contribution is 2.37. The first-order valence-electron chi connectivity index (χ1n) is 6.38. The Labute approximate surface area is 119 Å². The molecule has 0 bridgehead atoms. The quantitative estimate of drug-likeness (QED) is 0.928. The number of benzene rings is 1. The lowest BCUT2D eigenvalue weighted by Gasteiger charge is -2.27. The number of halogens is 2. The Balaban J connectivity index is 0.00000180. The summed E-state index contributed by atoms with van der Waals surface area (Å²) in [5.41, 5.74) is 6.31. The maximum atomic E-state index is 13.3. The second-order valence-electron chi connectivity index (χ2n) is 4.89. The molecular weight excluding hydrogens is 267 g/mol. The molecule has 1 aromatic rings. The number of likely N-dealkylation sites (tertiary alicyclic amines) is 1. The van der Waals surface area contributed by atoms with Crippen LogP contribution in [0.4, 0.5) is 4.39 Å². The normalized spacial score (nSPS) is 22.2. The van der Waals surface area contributed by atoms with Gasteiger partial charge in [0.2, 0.25) is 5.91 Å². The summed E-state index contributed by atoms with van der Waals surface area (Å²) in [7, 11) is 0. The summed E-state index contributed by atoms with van der Waals surface area (Å²) < 4.78 is 13.3. The van der Waals surface area contributed by atoms with Crippen LogP contribution in [0.15, 0.2) is 24.3 Å². The minimum absolute atomic E-state index is 0. The summed E-state index contributed by atoms with van der Waals surface area (Å²) in [6, 6.07) is 6.52. The molecule has 1 aliphatic heterocycles. The van der Waals surface area contributed by atoms with Crippen molar-refractivity contribution in [1.29, 1.82) is 0 Å². The van der Waals surface area contributed by atoms with Crippen molar-refractivity contribution >= 4 is 18.3 Å². The monoisotopic (exact) mass is 286 g/mol. The van der Waals surface area contributed by atoms with E-state index in [0.29, 0.717) is 18.9 Å². The average molecular weight is 287 g/mol. The molecule has 1 saturated heterocycles. The van der Waals surface area contributed by atoms with E-state index in [-0.39, 0.29) is 30.2 Å². The van der Waals surface area contributed by atoms with Crippen molar-refractivity contribution < 1.29 is 9.18 Å². The highest BCUT2D eigenvalue weighted by Gasteiger charge is 2.35. The number of rotatable bonds is 3. The van der Waals surface area contributed by atoms with E-state index in [1.54, 1.807) is 6.07 Å². The molecule has 106 valence electrons. The van der Waals surface area contributed by atoms with Gasteiger partial charge in [-0.05, 0) is 30.0 Å². The molecule has 1 fully saturated rings. The predicted octanol–water partition coefficient (Wildman–Crippen LogP) is 2.51. The molecule has 2 rings (SSSR count). The van der Waals surface area contributed by atoms with E-state index in [4.69, 9.17) is 5.73 Å². The zero-order valence-corrected chi connectivity index (χ0v) is 11.8. The van der Waals surface area contributed by atoms with Gasteiger partial charge in [-0.25, -0.2) is 4.39 Å². The van der Waals surface area contributed by atoms with Gasteiger partial charge >= 0.3 is 0 Å². The summed E-state index contributed by atoms with van der Waals surface area (Å²) in [6.07, 6.45) is 1.32. The van der Waals surface area contributed by atoms with E-state index in [1.165, 1.54) is 12.1 Å². The Bertz CT molecular complexity index is 441. The molecule has 2 unspecified atom stereocenters. The topological polar surface area (TPSA) is 46.3 Å². The maximum Gasteiger partial charge on any atom is 0.224 e. The smallest absolute Gasteiger partial charge is 0.224 e. The van der Waals surface area contributed by atoms with Crippen molar-refractivity contribution in [2.24, 2.45) is 11.7 Å². The van der Waals surface area contributed by atoms with Crippen LogP contribution in [0.25, 0.3) is 0 Å². The first kappa shape index (κ1) is 15.9. The Morgan fingerprint density at radius 3 is 2.89 bits per heavy atom. The van der Waals surface area contributed by atoms with Crippen molar-refractivity contribution in [3.63, 3.8) is 0 Å². The third-order valence-corrected chi connectivity index (χ3v) is 3.57. The van der Waals surface area contributed by atoms with E-state index in [9.17, 15) is 9.18 Å². The molecule has 1 aliphatic rings. The molecule has 3 nitrogen and oxygen atoms in total. The molecule has 19 heavy (non-hydrogen) atoms. The summed E-state index contributed by atoms with van der Waals surface area (Å²) >= 11 is 0. The highest BCUT2D eigenvalue weighted by atomic mass is 35.5. The van der Waals surface area contributed by atoms with Crippen LogP contribution in [-0.2, 0) is 4.79 Å². The molecular formula is C14H20ClFN2O. The van der Waals surface area contributed by atoms with Gasteiger partial charge < -0.3 is 10.6 Å². The molecule has 1 heterocycles. The van der Waals surface area contributed by atoms with Crippen LogP contribution in [0.5, 0.6) is 0 Å². The lowest BCUT2D eigenvalue weighted by atomic mass is 9.95. The van der Waals surface area contributed by atoms with E-state index in [1.807, 2.05) is 11.0 Å². The molecule has 1 amide bonds. The summed E-state index contributed by atoms with van der Waals surface area (Å²) in [5.74, 6) is 0.169. The van der Waals surface area contributed by atoms with Gasteiger partial charge in [-0.15, -0.1) is 12.4 Å². The molecule has 1 aromatic carbocycles. The Kier molecular flexibility index (Phi) is 5.76. The van der Waals surface area contributed by atoms with Crippen molar-refractivity contribution in [3.8, 4) is 0 Å². The number of hydrogen-bond acceptors (Lipinski definition) is 2. The minimum atomic E-state index is -0.252. The second kappa shape index (κ2) is 6.87. The van der Waals surface area contributed by atoms with Gasteiger partial charge in [-0.1, -0.05) is 19.1 Å². The van der Waals surface area contributed by atoms with Crippen molar-refractivity contribution in [1.82, 2.24) is 4.90 Å². The third kappa shape index (κ3) is 3.45. The molecule has 5 heteroatoms. The van der Waals surface area contributed by atoms with Crippen LogP contribution >= 0.6 is 12.4 Å². The number of hydrogen-bond donors (Lipinski definition) is 1.